The summed E-state index contributed by atoms with van der Waals surface area (Å²) < 4.78 is 5.76. The van der Waals surface area contributed by atoms with Crippen molar-refractivity contribution < 1.29 is 4.42 Å². The lowest BCUT2D eigenvalue weighted by Crippen LogP contribution is -2.11. The predicted molar refractivity (Wildman–Crippen MR) is 42.0 cm³/mol. The fourth-order valence-electron chi connectivity index (χ4n) is 0.634. The first-order valence-electron chi connectivity index (χ1n) is 2.75. The van der Waals surface area contributed by atoms with Crippen molar-refractivity contribution in [3.8, 4) is 0 Å². The Labute approximate surface area is 66.8 Å². The number of amidine groups is 1. The predicted octanol–water partition coefficient (Wildman–Crippen LogP) is 1.52. The molecule has 1 aromatic heterocycles. The van der Waals surface area contributed by atoms with Crippen LogP contribution in [0.1, 0.15) is 5.76 Å². The third-order valence-electron chi connectivity index (χ3n) is 0.994. The molecule has 0 radical (unpaired) electrons. The highest BCUT2D eigenvalue weighted by Crippen LogP contribution is 2.13. The number of hydrogen-bond acceptors (Lipinski definition) is 2. The summed E-state index contributed by atoms with van der Waals surface area (Å²) in [4.78, 5) is 0. The highest BCUT2D eigenvalue weighted by molar-refractivity contribution is 9.10. The Balaban J connectivity index is 2.67. The molecule has 4 heteroatoms. The largest absolute Gasteiger partial charge is 0.454 e. The SMILES string of the molecule is N=C(N)Cc1ccc(Br)o1. The van der Waals surface area contributed by atoms with E-state index in [1.807, 2.05) is 0 Å². The Bertz CT molecular complexity index is 244. The Morgan fingerprint density at radius 1 is 1.70 bits per heavy atom. The average Bonchev–Trinajstić information content (AvgIpc) is 2.13. The number of furan rings is 1. The van der Waals surface area contributed by atoms with E-state index in [-0.39, 0.29) is 5.84 Å². The van der Waals surface area contributed by atoms with E-state index < -0.39 is 0 Å². The second-order valence-corrected chi connectivity index (χ2v) is 2.69. The molecule has 0 bridgehead atoms. The third kappa shape index (κ3) is 1.88. The quantitative estimate of drug-likeness (QED) is 0.565. The summed E-state index contributed by atoms with van der Waals surface area (Å²) in [6.07, 6.45) is 0.381. The molecule has 0 fully saturated rings. The van der Waals surface area contributed by atoms with Gasteiger partial charge in [-0.1, -0.05) is 0 Å². The van der Waals surface area contributed by atoms with Gasteiger partial charge in [-0.15, -0.1) is 0 Å². The molecule has 1 heterocycles. The lowest BCUT2D eigenvalue weighted by atomic mass is 10.3. The van der Waals surface area contributed by atoms with Crippen molar-refractivity contribution in [2.45, 2.75) is 6.42 Å². The smallest absolute Gasteiger partial charge is 0.169 e. The standard InChI is InChI=1S/C6H7BrN2O/c7-5-2-1-4(10-5)3-6(8)9/h1-2H,3H2,(H3,8,9). The van der Waals surface area contributed by atoms with Crippen molar-refractivity contribution in [2.75, 3.05) is 0 Å². The summed E-state index contributed by atoms with van der Waals surface area (Å²) in [6.45, 7) is 0. The van der Waals surface area contributed by atoms with Crippen molar-refractivity contribution in [1.82, 2.24) is 0 Å². The van der Waals surface area contributed by atoms with E-state index in [1.54, 1.807) is 12.1 Å². The van der Waals surface area contributed by atoms with Gasteiger partial charge in [0.15, 0.2) is 4.67 Å². The van der Waals surface area contributed by atoms with E-state index in [1.165, 1.54) is 0 Å². The number of hydrogen-bond donors (Lipinski definition) is 2. The van der Waals surface area contributed by atoms with Crippen molar-refractivity contribution in [1.29, 1.82) is 5.41 Å². The van der Waals surface area contributed by atoms with Crippen LogP contribution in [-0.2, 0) is 6.42 Å². The Hall–Kier alpha value is -0.770. The molecule has 0 aliphatic rings. The van der Waals surface area contributed by atoms with Crippen molar-refractivity contribution in [3.05, 3.63) is 22.6 Å². The van der Waals surface area contributed by atoms with Gasteiger partial charge in [-0.05, 0) is 28.1 Å². The summed E-state index contributed by atoms with van der Waals surface area (Å²) in [7, 11) is 0. The minimum Gasteiger partial charge on any atom is -0.454 e. The van der Waals surface area contributed by atoms with Gasteiger partial charge in [0.25, 0.3) is 0 Å². The van der Waals surface area contributed by atoms with Crippen molar-refractivity contribution >= 4 is 21.8 Å². The molecule has 0 spiro atoms. The number of halogens is 1. The van der Waals surface area contributed by atoms with Crippen LogP contribution in [0, 0.1) is 5.41 Å². The van der Waals surface area contributed by atoms with E-state index in [0.29, 0.717) is 16.9 Å². The Kier molecular flexibility index (Phi) is 2.11. The van der Waals surface area contributed by atoms with Crippen LogP contribution in [0.25, 0.3) is 0 Å². The van der Waals surface area contributed by atoms with Crippen LogP contribution in [-0.4, -0.2) is 5.84 Å². The molecule has 0 saturated heterocycles. The summed E-state index contributed by atoms with van der Waals surface area (Å²) >= 11 is 3.14. The van der Waals surface area contributed by atoms with Gasteiger partial charge >= 0.3 is 0 Å². The Morgan fingerprint density at radius 2 is 2.40 bits per heavy atom. The van der Waals surface area contributed by atoms with Crippen LogP contribution in [0.5, 0.6) is 0 Å². The molecular formula is C6H7BrN2O. The topological polar surface area (TPSA) is 63.0 Å². The van der Waals surface area contributed by atoms with Gasteiger partial charge in [-0.2, -0.15) is 0 Å². The molecular weight excluding hydrogens is 196 g/mol. The summed E-state index contributed by atoms with van der Waals surface area (Å²) in [6, 6.07) is 3.56. The fraction of sp³-hybridized carbons (Fsp3) is 0.167. The first kappa shape index (κ1) is 7.34. The maximum absolute atomic E-state index is 6.94. The number of nitrogens with one attached hydrogen (secondary N) is 1. The molecule has 3 N–H and O–H groups in total. The van der Waals surface area contributed by atoms with Gasteiger partial charge in [-0.3, -0.25) is 5.41 Å². The zero-order valence-electron chi connectivity index (χ0n) is 5.23. The van der Waals surface area contributed by atoms with Crippen LogP contribution in [0.15, 0.2) is 21.2 Å². The number of rotatable bonds is 2. The molecule has 1 rings (SSSR count). The highest BCUT2D eigenvalue weighted by Gasteiger charge is 1.99. The van der Waals surface area contributed by atoms with E-state index in [0.717, 1.165) is 0 Å². The molecule has 0 atom stereocenters. The van der Waals surface area contributed by atoms with Gasteiger partial charge < -0.3 is 10.2 Å². The molecule has 10 heavy (non-hydrogen) atoms. The van der Waals surface area contributed by atoms with Gasteiger partial charge in [0.1, 0.15) is 5.76 Å². The molecule has 0 aliphatic heterocycles. The van der Waals surface area contributed by atoms with Crippen LogP contribution >= 0.6 is 15.9 Å². The summed E-state index contributed by atoms with van der Waals surface area (Å²) in [5.41, 5.74) is 5.14. The second kappa shape index (κ2) is 2.88. The molecule has 54 valence electrons. The molecule has 0 unspecified atom stereocenters. The zero-order chi connectivity index (χ0) is 7.56. The maximum Gasteiger partial charge on any atom is 0.169 e. The summed E-state index contributed by atoms with van der Waals surface area (Å²) in [5.74, 6) is 0.821. The summed E-state index contributed by atoms with van der Waals surface area (Å²) in [5, 5.41) is 6.94. The molecule has 0 aromatic carbocycles. The van der Waals surface area contributed by atoms with Crippen LogP contribution in [0.4, 0.5) is 0 Å². The lowest BCUT2D eigenvalue weighted by molar-refractivity contribution is 0.502. The zero-order valence-corrected chi connectivity index (χ0v) is 6.81. The van der Waals surface area contributed by atoms with E-state index in [9.17, 15) is 0 Å². The highest BCUT2D eigenvalue weighted by atomic mass is 79.9. The normalized spacial score (nSPS) is 9.70. The molecule has 0 aliphatic carbocycles. The van der Waals surface area contributed by atoms with Gasteiger partial charge in [0, 0.05) is 0 Å². The minimum atomic E-state index is 0.113. The minimum absolute atomic E-state index is 0.113. The van der Waals surface area contributed by atoms with E-state index in [2.05, 4.69) is 15.9 Å². The van der Waals surface area contributed by atoms with Crippen molar-refractivity contribution in [2.24, 2.45) is 5.73 Å². The average molecular weight is 203 g/mol. The molecule has 0 amide bonds. The van der Waals surface area contributed by atoms with E-state index in [4.69, 9.17) is 15.6 Å². The molecule has 0 saturated carbocycles. The fourth-order valence-corrected chi connectivity index (χ4v) is 0.975. The molecule has 3 nitrogen and oxygen atoms in total. The number of nitrogens with two attached hydrogens (primary N) is 1. The van der Waals surface area contributed by atoms with Gasteiger partial charge in [0.2, 0.25) is 0 Å². The van der Waals surface area contributed by atoms with Gasteiger partial charge in [-0.25, -0.2) is 0 Å². The molecule has 1 aromatic rings. The monoisotopic (exact) mass is 202 g/mol. The lowest BCUT2D eigenvalue weighted by Gasteiger charge is -1.90. The Morgan fingerprint density at radius 3 is 2.80 bits per heavy atom. The van der Waals surface area contributed by atoms with Crippen molar-refractivity contribution in [3.63, 3.8) is 0 Å². The van der Waals surface area contributed by atoms with Crippen LogP contribution in [0.3, 0.4) is 0 Å². The van der Waals surface area contributed by atoms with E-state index >= 15 is 0 Å². The van der Waals surface area contributed by atoms with Crippen LogP contribution < -0.4 is 5.73 Å². The maximum atomic E-state index is 6.94. The van der Waals surface area contributed by atoms with Gasteiger partial charge in [0.05, 0.1) is 12.3 Å². The first-order valence-corrected chi connectivity index (χ1v) is 3.55. The van der Waals surface area contributed by atoms with Crippen LogP contribution in [0.2, 0.25) is 0 Å². The second-order valence-electron chi connectivity index (χ2n) is 1.91. The third-order valence-corrected chi connectivity index (χ3v) is 1.42. The first-order chi connectivity index (χ1) is 4.68.